The second kappa shape index (κ2) is 6.51. The number of rotatable bonds is 4. The van der Waals surface area contributed by atoms with Crippen LogP contribution in [0.25, 0.3) is 0 Å². The number of benzene rings is 1. The van der Waals surface area contributed by atoms with Crippen LogP contribution < -0.4 is 10.0 Å². The largest absolute Gasteiger partial charge is 0.326 e. The van der Waals surface area contributed by atoms with Crippen molar-refractivity contribution in [1.29, 1.82) is 0 Å². The third-order valence-corrected chi connectivity index (χ3v) is 6.40. The Labute approximate surface area is 138 Å². The summed E-state index contributed by atoms with van der Waals surface area (Å²) in [6.07, 6.45) is 3.22. The molecule has 2 N–H and O–H groups in total. The van der Waals surface area contributed by atoms with Crippen molar-refractivity contribution >= 4 is 27.3 Å². The fourth-order valence-corrected chi connectivity index (χ4v) is 4.42. The van der Waals surface area contributed by atoms with Crippen molar-refractivity contribution in [2.75, 3.05) is 10.0 Å². The SMILES string of the molecule is CC(=O)Nc1cc(NS(=O)(=O)C2CCC(C)(C)CC2)ccc1C. The predicted octanol–water partition coefficient (Wildman–Crippen LogP) is 3.66. The lowest BCUT2D eigenvalue weighted by molar-refractivity contribution is -0.114. The molecule has 5 nitrogen and oxygen atoms in total. The average Bonchev–Trinajstić information content (AvgIpc) is 2.41. The fraction of sp³-hybridized carbons (Fsp3) is 0.588. The number of hydrogen-bond acceptors (Lipinski definition) is 3. The summed E-state index contributed by atoms with van der Waals surface area (Å²) in [5, 5.41) is 2.37. The lowest BCUT2D eigenvalue weighted by atomic mass is 9.77. The van der Waals surface area contributed by atoms with Gasteiger partial charge in [0.2, 0.25) is 15.9 Å². The maximum Gasteiger partial charge on any atom is 0.235 e. The summed E-state index contributed by atoms with van der Waals surface area (Å²) in [6.45, 7) is 7.67. The van der Waals surface area contributed by atoms with Crippen LogP contribution in [0.4, 0.5) is 11.4 Å². The maximum atomic E-state index is 12.6. The van der Waals surface area contributed by atoms with Crippen molar-refractivity contribution < 1.29 is 13.2 Å². The lowest BCUT2D eigenvalue weighted by Crippen LogP contribution is -2.34. The van der Waals surface area contributed by atoms with Gasteiger partial charge < -0.3 is 5.32 Å². The zero-order valence-corrected chi connectivity index (χ0v) is 15.1. The predicted molar refractivity (Wildman–Crippen MR) is 94.1 cm³/mol. The van der Waals surface area contributed by atoms with Crippen molar-refractivity contribution in [3.05, 3.63) is 23.8 Å². The molecule has 128 valence electrons. The Bertz CT molecular complexity index is 686. The standard InChI is InChI=1S/C17H26N2O3S/c1-12-5-6-14(11-16(12)18-13(2)20)19-23(21,22)15-7-9-17(3,4)10-8-15/h5-6,11,15,19H,7-10H2,1-4H3,(H,18,20). The number of amides is 1. The van der Waals surface area contributed by atoms with Crippen molar-refractivity contribution in [1.82, 2.24) is 0 Å². The number of hydrogen-bond donors (Lipinski definition) is 2. The van der Waals surface area contributed by atoms with Gasteiger partial charge in [0.15, 0.2) is 0 Å². The Morgan fingerprint density at radius 1 is 1.22 bits per heavy atom. The first-order valence-corrected chi connectivity index (χ1v) is 9.54. The Kier molecular flexibility index (Phi) is 5.04. The minimum absolute atomic E-state index is 0.178. The monoisotopic (exact) mass is 338 g/mol. The number of carbonyl (C=O) groups is 1. The second-order valence-corrected chi connectivity index (χ2v) is 9.18. The molecule has 1 amide bonds. The van der Waals surface area contributed by atoms with Gasteiger partial charge in [-0.25, -0.2) is 8.42 Å². The summed E-state index contributed by atoms with van der Waals surface area (Å²) >= 11 is 0. The van der Waals surface area contributed by atoms with Gasteiger partial charge in [-0.15, -0.1) is 0 Å². The summed E-state index contributed by atoms with van der Waals surface area (Å²) in [7, 11) is -3.41. The normalized spacial score (nSPS) is 18.4. The van der Waals surface area contributed by atoms with Crippen LogP contribution in [0.3, 0.4) is 0 Å². The Morgan fingerprint density at radius 2 is 1.83 bits per heavy atom. The Hall–Kier alpha value is -1.56. The third kappa shape index (κ3) is 4.70. The third-order valence-electron chi connectivity index (χ3n) is 4.53. The van der Waals surface area contributed by atoms with Crippen LogP contribution in [-0.2, 0) is 14.8 Å². The number of nitrogens with one attached hydrogen (secondary N) is 2. The molecule has 0 aliphatic heterocycles. The minimum atomic E-state index is -3.41. The first kappa shape index (κ1) is 17.8. The minimum Gasteiger partial charge on any atom is -0.326 e. The molecule has 1 aliphatic carbocycles. The van der Waals surface area contributed by atoms with E-state index in [0.29, 0.717) is 24.2 Å². The first-order valence-electron chi connectivity index (χ1n) is 7.99. The topological polar surface area (TPSA) is 75.3 Å². The molecule has 0 saturated heterocycles. The van der Waals surface area contributed by atoms with Crippen LogP contribution in [0, 0.1) is 12.3 Å². The van der Waals surface area contributed by atoms with E-state index in [1.807, 2.05) is 6.92 Å². The molecule has 0 unspecified atom stereocenters. The van der Waals surface area contributed by atoms with E-state index in [-0.39, 0.29) is 16.6 Å². The van der Waals surface area contributed by atoms with Crippen LogP contribution in [0.5, 0.6) is 0 Å². The molecule has 0 spiro atoms. The zero-order chi connectivity index (χ0) is 17.3. The van der Waals surface area contributed by atoms with Gasteiger partial charge in [0.1, 0.15) is 0 Å². The maximum absolute atomic E-state index is 12.6. The number of sulfonamides is 1. The van der Waals surface area contributed by atoms with E-state index in [9.17, 15) is 13.2 Å². The molecular formula is C17H26N2O3S. The molecule has 0 heterocycles. The van der Waals surface area contributed by atoms with E-state index >= 15 is 0 Å². The van der Waals surface area contributed by atoms with Gasteiger partial charge >= 0.3 is 0 Å². The molecule has 1 aromatic rings. The summed E-state index contributed by atoms with van der Waals surface area (Å²) in [5.41, 5.74) is 2.24. The van der Waals surface area contributed by atoms with E-state index in [2.05, 4.69) is 23.9 Å². The molecule has 1 aliphatic rings. The van der Waals surface area contributed by atoms with Crippen LogP contribution in [0.2, 0.25) is 0 Å². The highest BCUT2D eigenvalue weighted by atomic mass is 32.2. The quantitative estimate of drug-likeness (QED) is 0.879. The van der Waals surface area contributed by atoms with Crippen LogP contribution in [0.1, 0.15) is 52.0 Å². The van der Waals surface area contributed by atoms with Crippen molar-refractivity contribution in [2.24, 2.45) is 5.41 Å². The van der Waals surface area contributed by atoms with Crippen LogP contribution in [0.15, 0.2) is 18.2 Å². The molecule has 2 rings (SSSR count). The number of anilines is 2. The van der Waals surface area contributed by atoms with E-state index in [1.165, 1.54) is 6.92 Å². The molecule has 1 fully saturated rings. The Morgan fingerprint density at radius 3 is 2.39 bits per heavy atom. The highest BCUT2D eigenvalue weighted by molar-refractivity contribution is 7.93. The van der Waals surface area contributed by atoms with E-state index in [4.69, 9.17) is 0 Å². The second-order valence-electron chi connectivity index (χ2n) is 7.22. The smallest absolute Gasteiger partial charge is 0.235 e. The van der Waals surface area contributed by atoms with Gasteiger partial charge in [-0.3, -0.25) is 9.52 Å². The van der Waals surface area contributed by atoms with Gasteiger partial charge in [0, 0.05) is 12.6 Å². The highest BCUT2D eigenvalue weighted by Gasteiger charge is 2.34. The average molecular weight is 338 g/mol. The summed E-state index contributed by atoms with van der Waals surface area (Å²) in [5.74, 6) is -0.178. The van der Waals surface area contributed by atoms with Gasteiger partial charge in [0.05, 0.1) is 10.9 Å². The highest BCUT2D eigenvalue weighted by Crippen LogP contribution is 2.38. The van der Waals surface area contributed by atoms with E-state index < -0.39 is 10.0 Å². The van der Waals surface area contributed by atoms with Crippen LogP contribution in [-0.4, -0.2) is 19.6 Å². The molecular weight excluding hydrogens is 312 g/mol. The first-order chi connectivity index (χ1) is 10.6. The summed E-state index contributed by atoms with van der Waals surface area (Å²) < 4.78 is 27.8. The van der Waals surface area contributed by atoms with Gasteiger partial charge in [0.25, 0.3) is 0 Å². The molecule has 0 atom stereocenters. The van der Waals surface area contributed by atoms with E-state index in [1.54, 1.807) is 18.2 Å². The van der Waals surface area contributed by atoms with Gasteiger partial charge in [-0.05, 0) is 55.7 Å². The van der Waals surface area contributed by atoms with Gasteiger partial charge in [-0.1, -0.05) is 19.9 Å². The molecule has 0 aromatic heterocycles. The molecule has 6 heteroatoms. The van der Waals surface area contributed by atoms with Crippen molar-refractivity contribution in [2.45, 2.75) is 58.6 Å². The number of carbonyl (C=O) groups excluding carboxylic acids is 1. The molecule has 23 heavy (non-hydrogen) atoms. The molecule has 1 saturated carbocycles. The summed E-state index contributed by atoms with van der Waals surface area (Å²) in [4.78, 5) is 11.2. The number of aryl methyl sites for hydroxylation is 1. The molecule has 0 bridgehead atoms. The zero-order valence-electron chi connectivity index (χ0n) is 14.3. The fourth-order valence-electron chi connectivity index (χ4n) is 2.94. The molecule has 1 aromatic carbocycles. The lowest BCUT2D eigenvalue weighted by Gasteiger charge is -2.34. The summed E-state index contributed by atoms with van der Waals surface area (Å²) in [6, 6.07) is 5.19. The van der Waals surface area contributed by atoms with Crippen LogP contribution >= 0.6 is 0 Å². The van der Waals surface area contributed by atoms with Crippen molar-refractivity contribution in [3.8, 4) is 0 Å². The Balaban J connectivity index is 2.13. The van der Waals surface area contributed by atoms with Gasteiger partial charge in [-0.2, -0.15) is 0 Å². The van der Waals surface area contributed by atoms with E-state index in [0.717, 1.165) is 18.4 Å². The van der Waals surface area contributed by atoms with Crippen molar-refractivity contribution in [3.63, 3.8) is 0 Å². The molecule has 0 radical (unpaired) electrons.